The zero-order valence-electron chi connectivity index (χ0n) is 11.9. The quantitative estimate of drug-likeness (QED) is 0.634. The topological polar surface area (TPSA) is 95.7 Å². The first kappa shape index (κ1) is 15.2. The molecule has 2 rings (SSSR count). The molecule has 21 heavy (non-hydrogen) atoms. The molecule has 114 valence electrons. The fraction of sp³-hybridized carbons (Fsp3) is 0.500. The minimum absolute atomic E-state index is 0.0646. The highest BCUT2D eigenvalue weighted by Gasteiger charge is 2.25. The first-order chi connectivity index (χ1) is 10.0. The average Bonchev–Trinajstić information content (AvgIpc) is 2.92. The fourth-order valence-corrected chi connectivity index (χ4v) is 2.71. The molecule has 1 amide bonds. The molecule has 0 radical (unpaired) electrons. The van der Waals surface area contributed by atoms with Crippen molar-refractivity contribution >= 4 is 11.6 Å². The average molecular weight is 293 g/mol. The van der Waals surface area contributed by atoms with Crippen molar-refractivity contribution in [2.75, 3.05) is 19.6 Å². The second-order valence-corrected chi connectivity index (χ2v) is 5.07. The van der Waals surface area contributed by atoms with Gasteiger partial charge in [0.1, 0.15) is 0 Å². The third-order valence-electron chi connectivity index (χ3n) is 3.86. The van der Waals surface area contributed by atoms with Gasteiger partial charge in [-0.2, -0.15) is 0 Å². The van der Waals surface area contributed by atoms with Gasteiger partial charge in [0, 0.05) is 18.7 Å². The molecule has 0 bridgehead atoms. The van der Waals surface area contributed by atoms with Gasteiger partial charge in [0.2, 0.25) is 5.75 Å². The summed E-state index contributed by atoms with van der Waals surface area (Å²) in [5, 5.41) is 23.3. The van der Waals surface area contributed by atoms with E-state index in [-0.39, 0.29) is 5.56 Å². The number of nitro groups is 1. The summed E-state index contributed by atoms with van der Waals surface area (Å²) in [5.41, 5.74) is -0.524. The van der Waals surface area contributed by atoms with Crippen LogP contribution in [0.3, 0.4) is 0 Å². The summed E-state index contributed by atoms with van der Waals surface area (Å²) in [6.45, 7) is 4.52. The molecule has 7 heteroatoms. The molecule has 1 aromatic rings. The molecule has 1 unspecified atom stereocenters. The Morgan fingerprint density at radius 2 is 2.33 bits per heavy atom. The number of para-hydroxylation sites is 1. The zero-order chi connectivity index (χ0) is 15.4. The zero-order valence-corrected chi connectivity index (χ0v) is 11.9. The number of hydrogen-bond acceptors (Lipinski definition) is 5. The van der Waals surface area contributed by atoms with E-state index in [1.807, 2.05) is 0 Å². The molecule has 0 aromatic heterocycles. The largest absolute Gasteiger partial charge is 0.502 e. The van der Waals surface area contributed by atoms with E-state index < -0.39 is 22.3 Å². The van der Waals surface area contributed by atoms with E-state index in [9.17, 15) is 20.0 Å². The monoisotopic (exact) mass is 293 g/mol. The Hall–Kier alpha value is -2.15. The van der Waals surface area contributed by atoms with Crippen molar-refractivity contribution in [2.24, 2.45) is 0 Å². The van der Waals surface area contributed by atoms with Crippen molar-refractivity contribution in [3.05, 3.63) is 33.9 Å². The van der Waals surface area contributed by atoms with Crippen LogP contribution in [0.1, 0.15) is 30.1 Å². The van der Waals surface area contributed by atoms with Crippen LogP contribution < -0.4 is 5.32 Å². The Bertz CT molecular complexity index is 547. The van der Waals surface area contributed by atoms with Gasteiger partial charge < -0.3 is 10.4 Å². The van der Waals surface area contributed by atoms with Crippen LogP contribution >= 0.6 is 0 Å². The van der Waals surface area contributed by atoms with Gasteiger partial charge >= 0.3 is 5.69 Å². The van der Waals surface area contributed by atoms with E-state index in [2.05, 4.69) is 17.1 Å². The number of carbonyl (C=O) groups is 1. The van der Waals surface area contributed by atoms with Gasteiger partial charge in [-0.05, 0) is 32.0 Å². The number of amides is 1. The number of nitrogens with one attached hydrogen (secondary N) is 1. The molecular formula is C14H19N3O4. The summed E-state index contributed by atoms with van der Waals surface area (Å²) >= 11 is 0. The summed E-state index contributed by atoms with van der Waals surface area (Å²) in [6, 6.07) is 4.23. The van der Waals surface area contributed by atoms with Crippen LogP contribution in [0.4, 0.5) is 5.69 Å². The van der Waals surface area contributed by atoms with Crippen LogP contribution in [0.15, 0.2) is 18.2 Å². The lowest BCUT2D eigenvalue weighted by Crippen LogP contribution is -2.40. The van der Waals surface area contributed by atoms with Crippen molar-refractivity contribution < 1.29 is 14.8 Å². The lowest BCUT2D eigenvalue weighted by Gasteiger charge is -2.22. The summed E-state index contributed by atoms with van der Waals surface area (Å²) in [5.74, 6) is -1.07. The Kier molecular flexibility index (Phi) is 4.74. The number of aromatic hydroxyl groups is 1. The number of likely N-dealkylation sites (N-methyl/N-ethyl adjacent to an activating group) is 1. The van der Waals surface area contributed by atoms with Gasteiger partial charge in [-0.1, -0.05) is 13.0 Å². The third-order valence-corrected chi connectivity index (χ3v) is 3.86. The molecule has 7 nitrogen and oxygen atoms in total. The standard InChI is InChI=1S/C14H19N3O4/c1-2-16-8-4-5-10(16)9-15-14(19)11-6-3-7-12(13(11)18)17(20)21/h3,6-7,10,18H,2,4-5,8-9H2,1H3,(H,15,19). The molecule has 0 saturated carbocycles. The number of nitro benzene ring substituents is 1. The summed E-state index contributed by atoms with van der Waals surface area (Å²) in [7, 11) is 0. The van der Waals surface area contributed by atoms with Crippen molar-refractivity contribution in [3.8, 4) is 5.75 Å². The molecule has 1 saturated heterocycles. The number of phenols is 1. The summed E-state index contributed by atoms with van der Waals surface area (Å²) < 4.78 is 0. The van der Waals surface area contributed by atoms with Gasteiger partial charge in [0.25, 0.3) is 5.91 Å². The van der Waals surface area contributed by atoms with Gasteiger partial charge in [-0.15, -0.1) is 0 Å². The lowest BCUT2D eigenvalue weighted by molar-refractivity contribution is -0.385. The molecule has 1 aliphatic heterocycles. The van der Waals surface area contributed by atoms with E-state index in [0.717, 1.165) is 25.9 Å². The minimum Gasteiger partial charge on any atom is -0.502 e. The van der Waals surface area contributed by atoms with E-state index in [1.165, 1.54) is 18.2 Å². The first-order valence-electron chi connectivity index (χ1n) is 7.03. The highest BCUT2D eigenvalue weighted by Crippen LogP contribution is 2.29. The van der Waals surface area contributed by atoms with E-state index >= 15 is 0 Å². The van der Waals surface area contributed by atoms with Crippen LogP contribution in [0, 0.1) is 10.1 Å². The molecule has 1 aliphatic rings. The number of likely N-dealkylation sites (tertiary alicyclic amines) is 1. The molecule has 1 atom stereocenters. The first-order valence-corrected chi connectivity index (χ1v) is 7.03. The lowest BCUT2D eigenvalue weighted by atomic mass is 10.1. The molecular weight excluding hydrogens is 274 g/mol. The van der Waals surface area contributed by atoms with Crippen LogP contribution in [0.2, 0.25) is 0 Å². The second-order valence-electron chi connectivity index (χ2n) is 5.07. The number of phenolic OH excluding ortho intramolecular Hbond substituents is 1. The highest BCUT2D eigenvalue weighted by atomic mass is 16.6. The minimum atomic E-state index is -0.706. The molecule has 1 fully saturated rings. The Morgan fingerprint density at radius 1 is 1.57 bits per heavy atom. The van der Waals surface area contributed by atoms with Gasteiger partial charge in [-0.25, -0.2) is 0 Å². The summed E-state index contributed by atoms with van der Waals surface area (Å²) in [6.07, 6.45) is 2.13. The molecule has 2 N–H and O–H groups in total. The van der Waals surface area contributed by atoms with Crippen molar-refractivity contribution in [1.82, 2.24) is 10.2 Å². The molecule has 1 aromatic carbocycles. The van der Waals surface area contributed by atoms with Crippen molar-refractivity contribution in [3.63, 3.8) is 0 Å². The highest BCUT2D eigenvalue weighted by molar-refractivity contribution is 5.98. The fourth-order valence-electron chi connectivity index (χ4n) is 2.71. The van der Waals surface area contributed by atoms with Crippen LogP contribution in [-0.4, -0.2) is 46.5 Å². The maximum absolute atomic E-state index is 12.1. The maximum Gasteiger partial charge on any atom is 0.311 e. The normalized spacial score (nSPS) is 18.6. The number of hydrogen-bond donors (Lipinski definition) is 2. The Morgan fingerprint density at radius 3 is 3.00 bits per heavy atom. The van der Waals surface area contributed by atoms with E-state index in [0.29, 0.717) is 12.6 Å². The van der Waals surface area contributed by atoms with E-state index in [4.69, 9.17) is 0 Å². The van der Waals surface area contributed by atoms with E-state index in [1.54, 1.807) is 0 Å². The molecule has 0 aliphatic carbocycles. The number of nitrogens with zero attached hydrogens (tertiary/aromatic N) is 2. The van der Waals surface area contributed by atoms with Crippen molar-refractivity contribution in [2.45, 2.75) is 25.8 Å². The van der Waals surface area contributed by atoms with Crippen LogP contribution in [0.5, 0.6) is 5.75 Å². The molecule has 1 heterocycles. The van der Waals surface area contributed by atoms with Gasteiger partial charge in [0.15, 0.2) is 0 Å². The SMILES string of the molecule is CCN1CCCC1CNC(=O)c1cccc([N+](=O)[O-])c1O. The van der Waals surface area contributed by atoms with Gasteiger partial charge in [0.05, 0.1) is 10.5 Å². The third kappa shape index (κ3) is 3.30. The number of rotatable bonds is 5. The summed E-state index contributed by atoms with van der Waals surface area (Å²) in [4.78, 5) is 24.4. The predicted octanol–water partition coefficient (Wildman–Crippen LogP) is 1.51. The van der Waals surface area contributed by atoms with Crippen molar-refractivity contribution in [1.29, 1.82) is 0 Å². The van der Waals surface area contributed by atoms with Gasteiger partial charge in [-0.3, -0.25) is 19.8 Å². The molecule has 0 spiro atoms. The van der Waals surface area contributed by atoms with Crippen LogP contribution in [-0.2, 0) is 0 Å². The number of benzene rings is 1. The second kappa shape index (κ2) is 6.53. The Balaban J connectivity index is 2.04. The van der Waals surface area contributed by atoms with Crippen LogP contribution in [0.25, 0.3) is 0 Å². The number of carbonyl (C=O) groups excluding carboxylic acids is 1. The predicted molar refractivity (Wildman–Crippen MR) is 77.4 cm³/mol. The smallest absolute Gasteiger partial charge is 0.311 e. The Labute approximate surface area is 122 Å². The maximum atomic E-state index is 12.1.